The Labute approximate surface area is 237 Å². The van der Waals surface area contributed by atoms with Crippen LogP contribution in [0.25, 0.3) is 11.0 Å². The van der Waals surface area contributed by atoms with Crippen LogP contribution in [-0.4, -0.2) is 85.9 Å². The summed E-state index contributed by atoms with van der Waals surface area (Å²) >= 11 is 0. The van der Waals surface area contributed by atoms with E-state index in [9.17, 15) is 14.7 Å². The number of carbonyl (C=O) groups is 2. The van der Waals surface area contributed by atoms with Gasteiger partial charge < -0.3 is 39.8 Å². The Morgan fingerprint density at radius 3 is 2.76 bits per heavy atom. The summed E-state index contributed by atoms with van der Waals surface area (Å²) in [4.78, 5) is 33.3. The van der Waals surface area contributed by atoms with E-state index >= 15 is 0 Å². The molecule has 1 aliphatic rings. The lowest BCUT2D eigenvalue weighted by atomic mass is 9.98. The number of nitrogens with two attached hydrogens (primary N) is 1. The maximum absolute atomic E-state index is 13.9. The lowest BCUT2D eigenvalue weighted by Gasteiger charge is -2.37. The third kappa shape index (κ3) is 6.84. The summed E-state index contributed by atoms with van der Waals surface area (Å²) < 4.78 is 22.3. The zero-order valence-electron chi connectivity index (χ0n) is 23.2. The maximum atomic E-state index is 13.9. The number of methoxy groups -OCH3 is 1. The van der Waals surface area contributed by atoms with Crippen molar-refractivity contribution in [3.8, 4) is 11.5 Å². The number of fused-ring (bicyclic) bond motifs is 3. The van der Waals surface area contributed by atoms with E-state index in [1.54, 1.807) is 50.4 Å². The molecule has 2 amide bonds. The Hall–Kier alpha value is -4.42. The molecule has 0 bridgehead atoms. The van der Waals surface area contributed by atoms with Gasteiger partial charge in [-0.25, -0.2) is 0 Å². The summed E-state index contributed by atoms with van der Waals surface area (Å²) in [5.41, 5.74) is 0.0368. The number of benzene rings is 2. The predicted octanol–water partition coefficient (Wildman–Crippen LogP) is 2.49. The van der Waals surface area contributed by atoms with Crippen molar-refractivity contribution in [2.24, 2.45) is 15.9 Å². The molecule has 0 radical (unpaired) electrons. The van der Waals surface area contributed by atoms with Gasteiger partial charge in [0.05, 0.1) is 37.5 Å². The molecule has 0 fully saturated rings. The monoisotopic (exact) mass is 565 g/mol. The van der Waals surface area contributed by atoms with Crippen molar-refractivity contribution in [2.45, 2.75) is 25.4 Å². The highest BCUT2D eigenvalue weighted by Gasteiger charge is 2.47. The summed E-state index contributed by atoms with van der Waals surface area (Å²) in [6.45, 7) is 3.40. The highest BCUT2D eigenvalue weighted by molar-refractivity contribution is 6.30. The van der Waals surface area contributed by atoms with E-state index < -0.39 is 17.4 Å². The molecule has 0 aliphatic carbocycles. The van der Waals surface area contributed by atoms with Gasteiger partial charge in [0.15, 0.2) is 11.3 Å². The SMILES string of the molecule is COCCOCCN=C/C(CCN1C(=O)c2oc3ccccc3c2OC[C@@]1(C)C(=O)NCc1ccccc1O)=N\N. The average Bonchev–Trinajstić information content (AvgIpc) is 3.32. The van der Waals surface area contributed by atoms with Gasteiger partial charge in [-0.1, -0.05) is 30.3 Å². The van der Waals surface area contributed by atoms with Crippen LogP contribution in [0.3, 0.4) is 0 Å². The number of furan rings is 1. The van der Waals surface area contributed by atoms with Crippen molar-refractivity contribution in [3.63, 3.8) is 0 Å². The van der Waals surface area contributed by atoms with Crippen LogP contribution in [0.1, 0.15) is 29.5 Å². The Kier molecular flexibility index (Phi) is 9.93. The average molecular weight is 566 g/mol. The van der Waals surface area contributed by atoms with Crippen LogP contribution in [0.5, 0.6) is 11.5 Å². The second-order valence-corrected chi connectivity index (χ2v) is 9.60. The number of ether oxygens (including phenoxy) is 3. The number of phenols is 1. The minimum atomic E-state index is -1.43. The number of nitrogens with one attached hydrogen (secondary N) is 1. The molecule has 4 N–H and O–H groups in total. The molecule has 1 aliphatic heterocycles. The van der Waals surface area contributed by atoms with Crippen molar-refractivity contribution in [3.05, 3.63) is 59.9 Å². The number of hydrogen-bond donors (Lipinski definition) is 3. The molecule has 218 valence electrons. The minimum Gasteiger partial charge on any atom is -0.508 e. The first kappa shape index (κ1) is 29.6. The number of hydrazone groups is 1. The van der Waals surface area contributed by atoms with Gasteiger partial charge in [-0.05, 0) is 25.1 Å². The lowest BCUT2D eigenvalue weighted by molar-refractivity contribution is -0.133. The van der Waals surface area contributed by atoms with Crippen LogP contribution < -0.4 is 15.9 Å². The smallest absolute Gasteiger partial charge is 0.294 e. The largest absolute Gasteiger partial charge is 0.508 e. The standard InChI is InChI=1S/C29H35N5O7/c1-29(28(37)32-17-20-7-3-5-9-23(20)35)19-40-25-22-8-4-6-10-24(22)41-26(25)27(36)34(29)13-11-21(33-30)18-31-12-14-39-16-15-38-2/h3-10,18,35H,11-17,19,30H2,1-2H3,(H,32,37)/b31-18?,33-21-/t29-/m0/s1. The fraction of sp³-hybridized carbons (Fsp3) is 0.379. The Bertz CT molecular complexity index is 1420. The van der Waals surface area contributed by atoms with Gasteiger partial charge in [0, 0.05) is 38.4 Å². The second kappa shape index (κ2) is 13.8. The van der Waals surface area contributed by atoms with Crippen LogP contribution in [0, 0.1) is 0 Å². The molecular weight excluding hydrogens is 530 g/mol. The summed E-state index contributed by atoms with van der Waals surface area (Å²) in [5, 5.41) is 17.4. The van der Waals surface area contributed by atoms with Gasteiger partial charge >= 0.3 is 0 Å². The molecule has 1 atom stereocenters. The van der Waals surface area contributed by atoms with E-state index in [0.29, 0.717) is 48.6 Å². The first-order chi connectivity index (χ1) is 19.9. The van der Waals surface area contributed by atoms with Crippen LogP contribution in [0.15, 0.2) is 63.0 Å². The van der Waals surface area contributed by atoms with Crippen LogP contribution >= 0.6 is 0 Å². The van der Waals surface area contributed by atoms with Gasteiger partial charge in [-0.2, -0.15) is 5.10 Å². The van der Waals surface area contributed by atoms with Gasteiger partial charge in [0.2, 0.25) is 11.7 Å². The third-order valence-corrected chi connectivity index (χ3v) is 6.80. The van der Waals surface area contributed by atoms with Crippen molar-refractivity contribution < 1.29 is 33.3 Å². The highest BCUT2D eigenvalue weighted by atomic mass is 16.5. The van der Waals surface area contributed by atoms with E-state index in [-0.39, 0.29) is 43.4 Å². The molecule has 2 aromatic carbocycles. The number of phenolic OH excluding ortho intramolecular Hbond substituents is 1. The number of aliphatic imine (C=N–C) groups is 1. The number of nitrogens with zero attached hydrogens (tertiary/aromatic N) is 3. The molecule has 1 aromatic heterocycles. The maximum Gasteiger partial charge on any atom is 0.294 e. The van der Waals surface area contributed by atoms with E-state index in [2.05, 4.69) is 15.4 Å². The molecule has 0 saturated carbocycles. The highest BCUT2D eigenvalue weighted by Crippen LogP contribution is 2.38. The molecule has 12 heteroatoms. The summed E-state index contributed by atoms with van der Waals surface area (Å²) in [7, 11) is 1.60. The van der Waals surface area contributed by atoms with Crippen LogP contribution in [-0.2, 0) is 20.8 Å². The predicted molar refractivity (Wildman–Crippen MR) is 153 cm³/mol. The normalized spacial score (nSPS) is 17.5. The van der Waals surface area contributed by atoms with E-state index in [1.807, 2.05) is 6.07 Å². The van der Waals surface area contributed by atoms with E-state index in [1.165, 1.54) is 17.2 Å². The van der Waals surface area contributed by atoms with Gasteiger partial charge in [0.1, 0.15) is 17.9 Å². The summed E-state index contributed by atoms with van der Waals surface area (Å²) in [6.07, 6.45) is 1.74. The zero-order valence-corrected chi connectivity index (χ0v) is 23.2. The minimum absolute atomic E-state index is 0.0107. The summed E-state index contributed by atoms with van der Waals surface area (Å²) in [6, 6.07) is 13.9. The molecule has 0 saturated heterocycles. The fourth-order valence-electron chi connectivity index (χ4n) is 4.43. The van der Waals surface area contributed by atoms with E-state index in [4.69, 9.17) is 24.5 Å². The molecule has 12 nitrogen and oxygen atoms in total. The second-order valence-electron chi connectivity index (χ2n) is 9.60. The van der Waals surface area contributed by atoms with Gasteiger partial charge in [-0.3, -0.25) is 14.6 Å². The lowest BCUT2D eigenvalue weighted by Crippen LogP contribution is -2.61. The molecule has 41 heavy (non-hydrogen) atoms. The van der Waals surface area contributed by atoms with E-state index in [0.717, 1.165) is 0 Å². The molecular formula is C29H35N5O7. The fourth-order valence-corrected chi connectivity index (χ4v) is 4.43. The van der Waals surface area contributed by atoms with Crippen molar-refractivity contribution in [1.29, 1.82) is 0 Å². The zero-order chi connectivity index (χ0) is 29.2. The quantitative estimate of drug-likeness (QED) is 0.123. The number of amides is 2. The number of rotatable bonds is 13. The van der Waals surface area contributed by atoms with Crippen molar-refractivity contribution in [2.75, 3.05) is 46.6 Å². The Morgan fingerprint density at radius 2 is 1.98 bits per heavy atom. The first-order valence-electron chi connectivity index (χ1n) is 13.2. The van der Waals surface area contributed by atoms with Gasteiger partial charge in [-0.15, -0.1) is 0 Å². The summed E-state index contributed by atoms with van der Waals surface area (Å²) in [5.74, 6) is 5.00. The number of aromatic hydroxyl groups is 1. The number of carbonyl (C=O) groups excluding carboxylic acids is 2. The molecule has 2 heterocycles. The Morgan fingerprint density at radius 1 is 1.20 bits per heavy atom. The van der Waals surface area contributed by atoms with Crippen LogP contribution in [0.4, 0.5) is 0 Å². The first-order valence-corrected chi connectivity index (χ1v) is 13.2. The molecule has 4 rings (SSSR count). The van der Waals surface area contributed by atoms with Crippen molar-refractivity contribution >= 4 is 34.7 Å². The Balaban J connectivity index is 1.54. The number of hydrogen-bond acceptors (Lipinski definition) is 10. The topological polar surface area (TPSA) is 161 Å². The van der Waals surface area contributed by atoms with Gasteiger partial charge in [0.25, 0.3) is 5.91 Å². The molecule has 0 unspecified atom stereocenters. The van der Waals surface area contributed by atoms with Crippen LogP contribution in [0.2, 0.25) is 0 Å². The van der Waals surface area contributed by atoms with Crippen molar-refractivity contribution in [1.82, 2.24) is 10.2 Å². The molecule has 3 aromatic rings. The third-order valence-electron chi connectivity index (χ3n) is 6.80. The number of para-hydroxylation sites is 2. The molecule has 0 spiro atoms.